The average molecular weight is 336 g/mol. The van der Waals surface area contributed by atoms with Gasteiger partial charge in [-0.2, -0.15) is 4.72 Å². The van der Waals surface area contributed by atoms with E-state index >= 15 is 0 Å². The molecule has 10 heteroatoms. The van der Waals surface area contributed by atoms with Crippen LogP contribution in [0, 0.1) is 17.0 Å². The third kappa shape index (κ3) is 3.90. The van der Waals surface area contributed by atoms with Crippen LogP contribution in [-0.2, 0) is 14.8 Å². The van der Waals surface area contributed by atoms with Gasteiger partial charge in [0.25, 0.3) is 5.69 Å². The van der Waals surface area contributed by atoms with Crippen molar-refractivity contribution in [1.82, 2.24) is 10.0 Å². The van der Waals surface area contributed by atoms with E-state index in [2.05, 4.69) is 10.0 Å². The molecule has 0 fully saturated rings. The van der Waals surface area contributed by atoms with E-state index in [9.17, 15) is 23.3 Å². The smallest absolute Gasteiger partial charge is 0.289 e. The van der Waals surface area contributed by atoms with E-state index in [1.165, 1.54) is 27.0 Å². The SMILES string of the molecule is CNC(=O)C(C)NS(=O)(=O)c1cc([N+](=O)[O-])c(Cl)cc1C. The van der Waals surface area contributed by atoms with Gasteiger partial charge in [0.05, 0.1) is 15.9 Å². The van der Waals surface area contributed by atoms with Crippen molar-refractivity contribution >= 4 is 33.2 Å². The first kappa shape index (κ1) is 17.3. The number of nitrogens with one attached hydrogen (secondary N) is 2. The Morgan fingerprint density at radius 1 is 1.43 bits per heavy atom. The lowest BCUT2D eigenvalue weighted by Gasteiger charge is -2.14. The lowest BCUT2D eigenvalue weighted by atomic mass is 10.2. The molecular weight excluding hydrogens is 322 g/mol. The summed E-state index contributed by atoms with van der Waals surface area (Å²) >= 11 is 5.70. The number of carbonyl (C=O) groups is 1. The molecular formula is C11H14ClN3O5S. The van der Waals surface area contributed by atoms with E-state index in [0.717, 1.165) is 6.07 Å². The van der Waals surface area contributed by atoms with E-state index in [1.54, 1.807) is 0 Å². The summed E-state index contributed by atoms with van der Waals surface area (Å²) in [6, 6.07) is 1.05. The van der Waals surface area contributed by atoms with Gasteiger partial charge in [-0.3, -0.25) is 14.9 Å². The largest absolute Gasteiger partial charge is 0.358 e. The highest BCUT2D eigenvalue weighted by Gasteiger charge is 2.26. The van der Waals surface area contributed by atoms with E-state index < -0.39 is 32.6 Å². The van der Waals surface area contributed by atoms with Gasteiger partial charge >= 0.3 is 0 Å². The molecule has 2 N–H and O–H groups in total. The zero-order chi connectivity index (χ0) is 16.4. The summed E-state index contributed by atoms with van der Waals surface area (Å²) < 4.78 is 26.6. The maximum absolute atomic E-state index is 12.2. The number of hydrogen-bond donors (Lipinski definition) is 2. The van der Waals surface area contributed by atoms with Crippen molar-refractivity contribution in [2.24, 2.45) is 0 Å². The van der Waals surface area contributed by atoms with Crippen LogP contribution in [0.5, 0.6) is 0 Å². The van der Waals surface area contributed by atoms with Crippen molar-refractivity contribution in [3.8, 4) is 0 Å². The van der Waals surface area contributed by atoms with Crippen molar-refractivity contribution in [2.45, 2.75) is 24.8 Å². The first-order valence-corrected chi connectivity index (χ1v) is 7.64. The lowest BCUT2D eigenvalue weighted by Crippen LogP contribution is -2.43. The Hall–Kier alpha value is -1.71. The number of amides is 1. The Kier molecular flexibility index (Phi) is 5.26. The summed E-state index contributed by atoms with van der Waals surface area (Å²) in [5.41, 5.74) is -0.280. The Bertz CT molecular complexity index is 689. The molecule has 0 bridgehead atoms. The van der Waals surface area contributed by atoms with Crippen LogP contribution < -0.4 is 10.0 Å². The first-order chi connectivity index (χ1) is 9.60. The second-order valence-electron chi connectivity index (χ2n) is 4.28. The molecule has 1 amide bonds. The van der Waals surface area contributed by atoms with Crippen LogP contribution in [0.1, 0.15) is 12.5 Å². The van der Waals surface area contributed by atoms with Crippen LogP contribution in [0.3, 0.4) is 0 Å². The normalized spacial score (nSPS) is 12.8. The molecule has 21 heavy (non-hydrogen) atoms. The van der Waals surface area contributed by atoms with E-state index in [1.807, 2.05) is 0 Å². The minimum Gasteiger partial charge on any atom is -0.358 e. The van der Waals surface area contributed by atoms with Gasteiger partial charge in [0.2, 0.25) is 15.9 Å². The summed E-state index contributed by atoms with van der Waals surface area (Å²) in [5.74, 6) is -0.528. The summed E-state index contributed by atoms with van der Waals surface area (Å²) in [4.78, 5) is 21.1. The molecule has 0 heterocycles. The van der Waals surface area contributed by atoms with Gasteiger partial charge in [-0.15, -0.1) is 0 Å². The molecule has 0 aliphatic carbocycles. The molecule has 1 aromatic carbocycles. The highest BCUT2D eigenvalue weighted by Crippen LogP contribution is 2.30. The van der Waals surface area contributed by atoms with Crippen LogP contribution in [0.4, 0.5) is 5.69 Å². The van der Waals surface area contributed by atoms with E-state index in [0.29, 0.717) is 0 Å². The average Bonchev–Trinajstić information content (AvgIpc) is 2.36. The van der Waals surface area contributed by atoms with Crippen molar-refractivity contribution < 1.29 is 18.1 Å². The Morgan fingerprint density at radius 3 is 2.48 bits per heavy atom. The molecule has 0 saturated carbocycles. The van der Waals surface area contributed by atoms with Crippen LogP contribution in [0.2, 0.25) is 5.02 Å². The number of benzene rings is 1. The topological polar surface area (TPSA) is 118 Å². The number of likely N-dealkylation sites (N-methyl/N-ethyl adjacent to an activating group) is 1. The molecule has 0 aliphatic heterocycles. The quantitative estimate of drug-likeness (QED) is 0.614. The third-order valence-electron chi connectivity index (χ3n) is 2.70. The number of aryl methyl sites for hydroxylation is 1. The van der Waals surface area contributed by atoms with Crippen molar-refractivity contribution in [3.63, 3.8) is 0 Å². The molecule has 8 nitrogen and oxygen atoms in total. The van der Waals surface area contributed by atoms with Crippen molar-refractivity contribution in [1.29, 1.82) is 0 Å². The highest BCUT2D eigenvalue weighted by atomic mass is 35.5. The number of halogens is 1. The van der Waals surface area contributed by atoms with Crippen LogP contribution in [0.25, 0.3) is 0 Å². The second kappa shape index (κ2) is 6.37. The molecule has 116 valence electrons. The highest BCUT2D eigenvalue weighted by molar-refractivity contribution is 7.89. The Morgan fingerprint density at radius 2 is 2.00 bits per heavy atom. The number of sulfonamides is 1. The molecule has 1 unspecified atom stereocenters. The van der Waals surface area contributed by atoms with E-state index in [4.69, 9.17) is 11.6 Å². The molecule has 1 rings (SSSR count). The predicted molar refractivity (Wildman–Crippen MR) is 76.7 cm³/mol. The van der Waals surface area contributed by atoms with Crippen molar-refractivity contribution in [2.75, 3.05) is 7.05 Å². The first-order valence-electron chi connectivity index (χ1n) is 5.78. The minimum atomic E-state index is -4.09. The number of rotatable bonds is 5. The number of nitro groups is 1. The number of carbonyl (C=O) groups excluding carboxylic acids is 1. The summed E-state index contributed by atoms with van der Waals surface area (Å²) in [5, 5.41) is 13.0. The lowest BCUT2D eigenvalue weighted by molar-refractivity contribution is -0.384. The fourth-order valence-corrected chi connectivity index (χ4v) is 3.37. The van der Waals surface area contributed by atoms with Crippen LogP contribution in [0.15, 0.2) is 17.0 Å². The van der Waals surface area contributed by atoms with E-state index in [-0.39, 0.29) is 15.5 Å². The van der Waals surface area contributed by atoms with Gasteiger partial charge in [0.1, 0.15) is 5.02 Å². The third-order valence-corrected chi connectivity index (χ3v) is 4.69. The second-order valence-corrected chi connectivity index (χ2v) is 6.37. The van der Waals surface area contributed by atoms with Gasteiger partial charge < -0.3 is 5.32 Å². The minimum absolute atomic E-state index is 0.157. The van der Waals surface area contributed by atoms with Crippen LogP contribution in [-0.4, -0.2) is 32.3 Å². The molecule has 0 radical (unpaired) electrons. The van der Waals surface area contributed by atoms with Crippen LogP contribution >= 0.6 is 11.6 Å². The monoisotopic (exact) mass is 335 g/mol. The molecule has 1 aromatic rings. The summed E-state index contributed by atoms with van der Waals surface area (Å²) in [6.07, 6.45) is 0. The Balaban J connectivity index is 3.29. The van der Waals surface area contributed by atoms with Gasteiger partial charge in [0, 0.05) is 13.1 Å². The number of nitro benzene ring substituents is 1. The fourth-order valence-electron chi connectivity index (χ4n) is 1.64. The molecule has 0 saturated heterocycles. The molecule has 0 aromatic heterocycles. The predicted octanol–water partition coefficient (Wildman–Crippen LogP) is 0.969. The van der Waals surface area contributed by atoms with Gasteiger partial charge in [0.15, 0.2) is 0 Å². The molecule has 1 atom stereocenters. The van der Waals surface area contributed by atoms with Gasteiger partial charge in [-0.25, -0.2) is 8.42 Å². The standard InChI is InChI=1S/C11H14ClN3O5S/c1-6-4-8(12)9(15(17)18)5-10(6)21(19,20)14-7(2)11(16)13-3/h4-5,7,14H,1-3H3,(H,13,16). The summed E-state index contributed by atoms with van der Waals surface area (Å²) in [6.45, 7) is 2.81. The zero-order valence-corrected chi connectivity index (χ0v) is 13.1. The van der Waals surface area contributed by atoms with Gasteiger partial charge in [-0.1, -0.05) is 11.6 Å². The zero-order valence-electron chi connectivity index (χ0n) is 11.5. The number of nitrogens with zero attached hydrogens (tertiary/aromatic N) is 1. The Labute approximate surface area is 126 Å². The number of hydrogen-bond acceptors (Lipinski definition) is 5. The van der Waals surface area contributed by atoms with Crippen molar-refractivity contribution in [3.05, 3.63) is 32.8 Å². The molecule has 0 spiro atoms. The summed E-state index contributed by atoms with van der Waals surface area (Å²) in [7, 11) is -2.73. The fraction of sp³-hybridized carbons (Fsp3) is 0.364. The maximum atomic E-state index is 12.2. The maximum Gasteiger partial charge on any atom is 0.289 e. The van der Waals surface area contributed by atoms with Gasteiger partial charge in [-0.05, 0) is 25.5 Å². The molecule has 0 aliphatic rings.